The highest BCUT2D eigenvalue weighted by atomic mass is 16.5. The molecule has 1 atom stereocenters. The Hall–Kier alpha value is -2.49. The monoisotopic (exact) mass is 324 g/mol. The molecule has 0 amide bonds. The molecule has 1 aromatic carbocycles. The number of anilines is 1. The van der Waals surface area contributed by atoms with Gasteiger partial charge in [0.2, 0.25) is 0 Å². The van der Waals surface area contributed by atoms with Crippen molar-refractivity contribution in [1.82, 2.24) is 4.57 Å². The van der Waals surface area contributed by atoms with Gasteiger partial charge in [0, 0.05) is 34.5 Å². The van der Waals surface area contributed by atoms with Crippen LogP contribution in [0.2, 0.25) is 0 Å². The van der Waals surface area contributed by atoms with Gasteiger partial charge in [-0.3, -0.25) is 0 Å². The summed E-state index contributed by atoms with van der Waals surface area (Å²) in [6.07, 6.45) is 5.00. The van der Waals surface area contributed by atoms with Crippen molar-refractivity contribution in [2.24, 2.45) is 0 Å². The van der Waals surface area contributed by atoms with Crippen LogP contribution in [0.25, 0.3) is 11.1 Å². The first kappa shape index (κ1) is 16.4. The van der Waals surface area contributed by atoms with E-state index in [2.05, 4.69) is 18.1 Å². The summed E-state index contributed by atoms with van der Waals surface area (Å²) in [5.41, 5.74) is 10.5. The van der Waals surface area contributed by atoms with E-state index in [1.807, 2.05) is 36.4 Å². The van der Waals surface area contributed by atoms with Crippen LogP contribution in [0.15, 0.2) is 43.0 Å². The number of fused-ring (bicyclic) bond motifs is 1. The number of nitrogens with zero attached hydrogens (tertiary/aromatic N) is 1. The van der Waals surface area contributed by atoms with E-state index in [4.69, 9.17) is 10.5 Å². The highest BCUT2D eigenvalue weighted by Crippen LogP contribution is 2.46. The molecule has 1 aliphatic rings. The van der Waals surface area contributed by atoms with Crippen molar-refractivity contribution < 1.29 is 9.53 Å². The molecule has 1 aromatic heterocycles. The van der Waals surface area contributed by atoms with Crippen LogP contribution in [-0.4, -0.2) is 17.6 Å². The van der Waals surface area contributed by atoms with Gasteiger partial charge in [-0.1, -0.05) is 31.2 Å². The van der Waals surface area contributed by atoms with E-state index in [1.165, 1.54) is 7.11 Å². The molecule has 0 saturated heterocycles. The number of ether oxygens (including phenoxy) is 1. The van der Waals surface area contributed by atoms with E-state index in [-0.39, 0.29) is 11.4 Å². The minimum Gasteiger partial charge on any atom is -0.464 e. The molecule has 126 valence electrons. The summed E-state index contributed by atoms with van der Waals surface area (Å²) < 4.78 is 7.10. The Balaban J connectivity index is 2.34. The van der Waals surface area contributed by atoms with Crippen molar-refractivity contribution >= 4 is 11.7 Å². The number of esters is 1. The molecule has 0 aliphatic carbocycles. The van der Waals surface area contributed by atoms with Gasteiger partial charge in [0.05, 0.1) is 7.11 Å². The fraction of sp³-hybridized carbons (Fsp3) is 0.350. The van der Waals surface area contributed by atoms with Crippen molar-refractivity contribution in [1.29, 1.82) is 0 Å². The van der Waals surface area contributed by atoms with Crippen LogP contribution in [0.1, 0.15) is 42.4 Å². The van der Waals surface area contributed by atoms with E-state index in [9.17, 15) is 4.79 Å². The second-order valence-electron chi connectivity index (χ2n) is 6.34. The van der Waals surface area contributed by atoms with Crippen LogP contribution in [0.3, 0.4) is 0 Å². The van der Waals surface area contributed by atoms with Crippen LogP contribution in [0, 0.1) is 0 Å². The summed E-state index contributed by atoms with van der Waals surface area (Å²) in [5, 5.41) is 0. The Morgan fingerprint density at radius 2 is 2.17 bits per heavy atom. The average Bonchev–Trinajstić information content (AvgIpc) is 3.01. The Morgan fingerprint density at radius 3 is 2.79 bits per heavy atom. The standard InChI is InChI=1S/C20H24N2O2/c1-4-20(5-2)11-8-12-22-17(19(23)24-3)13-15(18(20)22)14-9-6-7-10-16(14)21/h4,6-7,9-10,13H,1,5,8,11-12,21H2,2-3H3. The third-order valence-electron chi connectivity index (χ3n) is 5.24. The number of methoxy groups -OCH3 is 1. The molecule has 0 saturated carbocycles. The molecule has 2 heterocycles. The van der Waals surface area contributed by atoms with Gasteiger partial charge in [0.1, 0.15) is 5.69 Å². The maximum Gasteiger partial charge on any atom is 0.354 e. The van der Waals surface area contributed by atoms with Crippen LogP contribution in [-0.2, 0) is 16.7 Å². The van der Waals surface area contributed by atoms with Crippen molar-refractivity contribution in [3.05, 3.63) is 54.4 Å². The van der Waals surface area contributed by atoms with Gasteiger partial charge in [-0.15, -0.1) is 6.58 Å². The number of carbonyl (C=O) groups excluding carboxylic acids is 1. The second kappa shape index (κ2) is 6.19. The highest BCUT2D eigenvalue weighted by Gasteiger charge is 2.38. The van der Waals surface area contributed by atoms with Crippen LogP contribution in [0.5, 0.6) is 0 Å². The Morgan fingerprint density at radius 1 is 1.42 bits per heavy atom. The number of aromatic nitrogens is 1. The minimum absolute atomic E-state index is 0.151. The smallest absolute Gasteiger partial charge is 0.354 e. The lowest BCUT2D eigenvalue weighted by Crippen LogP contribution is -2.32. The number of para-hydroxylation sites is 1. The number of nitrogens with two attached hydrogens (primary N) is 1. The number of benzene rings is 1. The first-order chi connectivity index (χ1) is 11.6. The molecule has 2 N–H and O–H groups in total. The molecule has 2 aromatic rings. The zero-order chi connectivity index (χ0) is 17.3. The number of rotatable bonds is 4. The molecule has 4 heteroatoms. The lowest BCUT2D eigenvalue weighted by molar-refractivity contribution is 0.0586. The van der Waals surface area contributed by atoms with Gasteiger partial charge in [0.15, 0.2) is 0 Å². The predicted molar refractivity (Wildman–Crippen MR) is 97.0 cm³/mol. The van der Waals surface area contributed by atoms with Crippen molar-refractivity contribution in [3.63, 3.8) is 0 Å². The van der Waals surface area contributed by atoms with Gasteiger partial charge in [-0.25, -0.2) is 4.79 Å². The molecule has 0 bridgehead atoms. The largest absolute Gasteiger partial charge is 0.464 e. The maximum absolute atomic E-state index is 12.3. The van der Waals surface area contributed by atoms with E-state index in [0.29, 0.717) is 11.4 Å². The molecule has 1 aliphatic heterocycles. The Labute approximate surface area is 142 Å². The quantitative estimate of drug-likeness (QED) is 0.522. The van der Waals surface area contributed by atoms with Crippen LogP contribution in [0.4, 0.5) is 5.69 Å². The number of hydrogen-bond donors (Lipinski definition) is 1. The predicted octanol–water partition coefficient (Wildman–Crippen LogP) is 4.15. The molecule has 0 radical (unpaired) electrons. The molecule has 24 heavy (non-hydrogen) atoms. The zero-order valence-electron chi connectivity index (χ0n) is 14.3. The maximum atomic E-state index is 12.3. The number of hydrogen-bond acceptors (Lipinski definition) is 3. The number of allylic oxidation sites excluding steroid dienone is 1. The fourth-order valence-corrected chi connectivity index (χ4v) is 3.90. The summed E-state index contributed by atoms with van der Waals surface area (Å²) in [5.74, 6) is -0.312. The summed E-state index contributed by atoms with van der Waals surface area (Å²) in [6.45, 7) is 7.07. The third-order valence-corrected chi connectivity index (χ3v) is 5.24. The molecular weight excluding hydrogens is 300 g/mol. The first-order valence-corrected chi connectivity index (χ1v) is 8.38. The lowest BCUT2D eigenvalue weighted by Gasteiger charge is -2.37. The highest BCUT2D eigenvalue weighted by molar-refractivity contribution is 5.92. The van der Waals surface area contributed by atoms with E-state index in [0.717, 1.165) is 42.6 Å². The third kappa shape index (κ3) is 2.33. The van der Waals surface area contributed by atoms with E-state index >= 15 is 0 Å². The summed E-state index contributed by atoms with van der Waals surface area (Å²) in [7, 11) is 1.42. The molecule has 0 spiro atoms. The summed E-state index contributed by atoms with van der Waals surface area (Å²) in [6, 6.07) is 9.71. The van der Waals surface area contributed by atoms with Gasteiger partial charge in [-0.05, 0) is 31.4 Å². The van der Waals surface area contributed by atoms with Crippen molar-refractivity contribution in [2.75, 3.05) is 12.8 Å². The molecule has 1 unspecified atom stereocenters. The summed E-state index contributed by atoms with van der Waals surface area (Å²) >= 11 is 0. The summed E-state index contributed by atoms with van der Waals surface area (Å²) in [4.78, 5) is 12.3. The SMILES string of the molecule is C=CC1(CC)CCCn2c(C(=O)OC)cc(-c3ccccc3N)c21. The number of carbonyl (C=O) groups is 1. The second-order valence-corrected chi connectivity index (χ2v) is 6.34. The van der Waals surface area contributed by atoms with Crippen LogP contribution >= 0.6 is 0 Å². The first-order valence-electron chi connectivity index (χ1n) is 8.38. The van der Waals surface area contributed by atoms with Gasteiger partial charge >= 0.3 is 5.97 Å². The topological polar surface area (TPSA) is 57.2 Å². The van der Waals surface area contributed by atoms with Crippen LogP contribution < -0.4 is 5.73 Å². The van der Waals surface area contributed by atoms with Gasteiger partial charge in [0.25, 0.3) is 0 Å². The fourth-order valence-electron chi connectivity index (χ4n) is 3.90. The minimum atomic E-state index is -0.312. The lowest BCUT2D eigenvalue weighted by atomic mass is 9.73. The average molecular weight is 324 g/mol. The molecule has 0 fully saturated rings. The van der Waals surface area contributed by atoms with Gasteiger partial charge in [-0.2, -0.15) is 0 Å². The van der Waals surface area contributed by atoms with E-state index in [1.54, 1.807) is 0 Å². The normalized spacial score (nSPS) is 19.6. The zero-order valence-corrected chi connectivity index (χ0v) is 14.3. The van der Waals surface area contributed by atoms with Crippen molar-refractivity contribution in [2.45, 2.75) is 38.1 Å². The number of nitrogen functional groups attached to an aromatic ring is 1. The molecule has 3 rings (SSSR count). The Kier molecular flexibility index (Phi) is 4.22. The van der Waals surface area contributed by atoms with Crippen molar-refractivity contribution in [3.8, 4) is 11.1 Å². The molecule has 4 nitrogen and oxygen atoms in total. The van der Waals surface area contributed by atoms with E-state index < -0.39 is 0 Å². The Bertz CT molecular complexity index is 791. The van der Waals surface area contributed by atoms with Gasteiger partial charge < -0.3 is 15.0 Å². The molecular formula is C20H24N2O2.